The molecule has 2 aromatic rings. The molecule has 1 amide bonds. The van der Waals surface area contributed by atoms with E-state index in [9.17, 15) is 4.79 Å². The van der Waals surface area contributed by atoms with Crippen LogP contribution in [0.2, 0.25) is 0 Å². The summed E-state index contributed by atoms with van der Waals surface area (Å²) in [5.41, 5.74) is 0.670. The average molecular weight is 311 g/mol. The Balaban J connectivity index is 1.60. The number of nitrogens with one attached hydrogen (secondary N) is 1. The number of carbonyl (C=O) groups excluding carboxylic acids is 1. The summed E-state index contributed by atoms with van der Waals surface area (Å²) in [5, 5.41) is 2.81. The highest BCUT2D eigenvalue weighted by Crippen LogP contribution is 2.31. The summed E-state index contributed by atoms with van der Waals surface area (Å²) < 4.78 is 16.6. The lowest BCUT2D eigenvalue weighted by molar-refractivity contribution is -0.125. The standard InChI is InChI=1S/C18H17NO4/c1-2-11-21-14-9-7-13(8-10-14)19-18(20)17-12-22-15-5-3-4-6-16(15)23-17/h2-10,17H,1,11-12H2,(H,19,20). The third-order valence-corrected chi connectivity index (χ3v) is 3.29. The van der Waals surface area contributed by atoms with Crippen molar-refractivity contribution in [1.82, 2.24) is 0 Å². The van der Waals surface area contributed by atoms with Crippen LogP contribution in [0.15, 0.2) is 61.2 Å². The molecule has 23 heavy (non-hydrogen) atoms. The molecule has 1 aliphatic rings. The van der Waals surface area contributed by atoms with Crippen molar-refractivity contribution in [3.8, 4) is 17.2 Å². The van der Waals surface area contributed by atoms with E-state index in [1.165, 1.54) is 0 Å². The fraction of sp³-hybridized carbons (Fsp3) is 0.167. The Labute approximate surface area is 134 Å². The summed E-state index contributed by atoms with van der Waals surface area (Å²) in [4.78, 5) is 12.3. The van der Waals surface area contributed by atoms with Crippen LogP contribution in [0.1, 0.15) is 0 Å². The summed E-state index contributed by atoms with van der Waals surface area (Å²) in [5.74, 6) is 1.70. The monoisotopic (exact) mass is 311 g/mol. The first-order chi connectivity index (χ1) is 11.3. The Kier molecular flexibility index (Phi) is 4.47. The number of benzene rings is 2. The molecule has 0 aromatic heterocycles. The summed E-state index contributed by atoms with van der Waals surface area (Å²) in [7, 11) is 0. The van der Waals surface area contributed by atoms with Crippen LogP contribution in [0, 0.1) is 0 Å². The third kappa shape index (κ3) is 3.63. The third-order valence-electron chi connectivity index (χ3n) is 3.29. The number of ether oxygens (including phenoxy) is 3. The number of rotatable bonds is 5. The van der Waals surface area contributed by atoms with Crippen LogP contribution in [-0.2, 0) is 4.79 Å². The van der Waals surface area contributed by atoms with E-state index in [4.69, 9.17) is 14.2 Å². The lowest BCUT2D eigenvalue weighted by Crippen LogP contribution is -2.40. The van der Waals surface area contributed by atoms with E-state index >= 15 is 0 Å². The Bertz CT molecular complexity index is 696. The lowest BCUT2D eigenvalue weighted by atomic mass is 10.2. The van der Waals surface area contributed by atoms with Gasteiger partial charge in [-0.15, -0.1) is 0 Å². The predicted octanol–water partition coefficient (Wildman–Crippen LogP) is 3.03. The van der Waals surface area contributed by atoms with Crippen LogP contribution in [0.3, 0.4) is 0 Å². The molecule has 1 N–H and O–H groups in total. The van der Waals surface area contributed by atoms with Crippen molar-refractivity contribution in [3.63, 3.8) is 0 Å². The quantitative estimate of drug-likeness (QED) is 0.862. The number of hydrogen-bond donors (Lipinski definition) is 1. The maximum absolute atomic E-state index is 12.3. The largest absolute Gasteiger partial charge is 0.490 e. The van der Waals surface area contributed by atoms with E-state index < -0.39 is 6.10 Å². The summed E-state index contributed by atoms with van der Waals surface area (Å²) >= 11 is 0. The number of hydrogen-bond acceptors (Lipinski definition) is 4. The molecule has 2 aromatic carbocycles. The summed E-state index contributed by atoms with van der Waals surface area (Å²) in [6.45, 7) is 4.22. The highest BCUT2D eigenvalue weighted by Gasteiger charge is 2.27. The van der Waals surface area contributed by atoms with Gasteiger partial charge in [0.05, 0.1) is 0 Å². The van der Waals surface area contributed by atoms with E-state index in [1.807, 2.05) is 18.2 Å². The molecular weight excluding hydrogens is 294 g/mol. The van der Waals surface area contributed by atoms with Crippen LogP contribution in [0.4, 0.5) is 5.69 Å². The van der Waals surface area contributed by atoms with Gasteiger partial charge in [0.15, 0.2) is 11.5 Å². The van der Waals surface area contributed by atoms with Crippen LogP contribution in [0.5, 0.6) is 17.2 Å². The Hall–Kier alpha value is -2.95. The topological polar surface area (TPSA) is 56.8 Å². The Morgan fingerprint density at radius 3 is 2.70 bits per heavy atom. The van der Waals surface area contributed by atoms with E-state index in [0.29, 0.717) is 29.5 Å². The highest BCUT2D eigenvalue weighted by molar-refractivity contribution is 5.94. The van der Waals surface area contributed by atoms with Crippen LogP contribution in [0.25, 0.3) is 0 Å². The molecule has 0 aliphatic carbocycles. The predicted molar refractivity (Wildman–Crippen MR) is 87.1 cm³/mol. The minimum Gasteiger partial charge on any atom is -0.490 e. The maximum Gasteiger partial charge on any atom is 0.269 e. The van der Waals surface area contributed by atoms with Gasteiger partial charge in [0.25, 0.3) is 5.91 Å². The Morgan fingerprint density at radius 1 is 1.22 bits per heavy atom. The van der Waals surface area contributed by atoms with Gasteiger partial charge >= 0.3 is 0 Å². The molecule has 118 valence electrons. The molecule has 5 heteroatoms. The molecule has 0 spiro atoms. The average Bonchev–Trinajstić information content (AvgIpc) is 2.60. The normalized spacial score (nSPS) is 15.6. The van der Waals surface area contributed by atoms with E-state index in [2.05, 4.69) is 11.9 Å². The van der Waals surface area contributed by atoms with Gasteiger partial charge in [-0.05, 0) is 36.4 Å². The molecule has 3 rings (SSSR count). The number of carbonyl (C=O) groups is 1. The maximum atomic E-state index is 12.3. The zero-order chi connectivity index (χ0) is 16.1. The highest BCUT2D eigenvalue weighted by atomic mass is 16.6. The molecule has 0 saturated heterocycles. The van der Waals surface area contributed by atoms with Gasteiger partial charge in [0.1, 0.15) is 19.0 Å². The van der Waals surface area contributed by atoms with Gasteiger partial charge in [0, 0.05) is 5.69 Å². The molecule has 5 nitrogen and oxygen atoms in total. The number of fused-ring (bicyclic) bond motifs is 1. The van der Waals surface area contributed by atoms with Crippen molar-refractivity contribution >= 4 is 11.6 Å². The second-order valence-electron chi connectivity index (χ2n) is 4.98. The van der Waals surface area contributed by atoms with Crippen molar-refractivity contribution in [2.24, 2.45) is 0 Å². The second-order valence-corrected chi connectivity index (χ2v) is 4.98. The molecule has 0 radical (unpaired) electrons. The van der Waals surface area contributed by atoms with Crippen molar-refractivity contribution in [1.29, 1.82) is 0 Å². The van der Waals surface area contributed by atoms with Gasteiger partial charge in [-0.2, -0.15) is 0 Å². The molecule has 0 saturated carbocycles. The molecule has 1 atom stereocenters. The minimum absolute atomic E-state index is 0.184. The smallest absolute Gasteiger partial charge is 0.269 e. The van der Waals surface area contributed by atoms with Gasteiger partial charge < -0.3 is 19.5 Å². The second kappa shape index (κ2) is 6.87. The molecule has 0 bridgehead atoms. The number of amides is 1. The van der Waals surface area contributed by atoms with Crippen LogP contribution >= 0.6 is 0 Å². The van der Waals surface area contributed by atoms with Crippen molar-refractivity contribution in [3.05, 3.63) is 61.2 Å². The summed E-state index contributed by atoms with van der Waals surface area (Å²) in [6.07, 6.45) is 0.995. The Morgan fingerprint density at radius 2 is 1.96 bits per heavy atom. The van der Waals surface area contributed by atoms with Crippen molar-refractivity contribution < 1.29 is 19.0 Å². The molecule has 0 fully saturated rings. The fourth-order valence-corrected chi connectivity index (χ4v) is 2.16. The van der Waals surface area contributed by atoms with E-state index in [1.54, 1.807) is 36.4 Å². The summed E-state index contributed by atoms with van der Waals surface area (Å²) in [6, 6.07) is 14.4. The minimum atomic E-state index is -0.679. The van der Waals surface area contributed by atoms with Gasteiger partial charge in [-0.1, -0.05) is 24.8 Å². The first-order valence-electron chi connectivity index (χ1n) is 7.29. The van der Waals surface area contributed by atoms with Gasteiger partial charge in [-0.25, -0.2) is 0 Å². The van der Waals surface area contributed by atoms with Gasteiger partial charge in [0.2, 0.25) is 6.10 Å². The van der Waals surface area contributed by atoms with Crippen LogP contribution < -0.4 is 19.5 Å². The van der Waals surface area contributed by atoms with Gasteiger partial charge in [-0.3, -0.25) is 4.79 Å². The lowest BCUT2D eigenvalue weighted by Gasteiger charge is -2.25. The number of anilines is 1. The van der Waals surface area contributed by atoms with Crippen molar-refractivity contribution in [2.75, 3.05) is 18.5 Å². The fourth-order valence-electron chi connectivity index (χ4n) is 2.16. The van der Waals surface area contributed by atoms with E-state index in [0.717, 1.165) is 0 Å². The van der Waals surface area contributed by atoms with Crippen molar-refractivity contribution in [2.45, 2.75) is 6.10 Å². The molecule has 1 aliphatic heterocycles. The molecule has 1 unspecified atom stereocenters. The first kappa shape index (κ1) is 15.0. The zero-order valence-corrected chi connectivity index (χ0v) is 12.5. The molecule has 1 heterocycles. The van der Waals surface area contributed by atoms with E-state index in [-0.39, 0.29) is 12.5 Å². The SMILES string of the molecule is C=CCOc1ccc(NC(=O)C2COc3ccccc3O2)cc1. The zero-order valence-electron chi connectivity index (χ0n) is 12.5. The molecular formula is C18H17NO4. The number of para-hydroxylation sites is 2. The first-order valence-corrected chi connectivity index (χ1v) is 7.29. The van der Waals surface area contributed by atoms with Crippen LogP contribution in [-0.4, -0.2) is 25.2 Å².